The highest BCUT2D eigenvalue weighted by atomic mass is 35.5. The van der Waals surface area contributed by atoms with Gasteiger partial charge in [0.05, 0.1) is 18.4 Å². The van der Waals surface area contributed by atoms with E-state index in [0.29, 0.717) is 38.6 Å². The van der Waals surface area contributed by atoms with Crippen molar-refractivity contribution in [2.45, 2.75) is 33.0 Å². The molecule has 0 unspecified atom stereocenters. The van der Waals surface area contributed by atoms with Crippen LogP contribution >= 0.6 is 11.6 Å². The van der Waals surface area contributed by atoms with Crippen LogP contribution in [0.25, 0.3) is 22.4 Å². The van der Waals surface area contributed by atoms with Crippen molar-refractivity contribution in [1.29, 1.82) is 0 Å². The highest BCUT2D eigenvalue weighted by molar-refractivity contribution is 6.33. The number of nitrogens with zero attached hydrogens (tertiary/aromatic N) is 4. The molecule has 3 aromatic rings. The first kappa shape index (κ1) is 20.1. The number of carboxylic acid groups (broad SMARTS) is 1. The molecule has 30 heavy (non-hydrogen) atoms. The molecule has 1 aromatic carbocycles. The van der Waals surface area contributed by atoms with Gasteiger partial charge in [0, 0.05) is 46.2 Å². The minimum atomic E-state index is -2.76. The Morgan fingerprint density at radius 3 is 2.53 bits per heavy atom. The fraction of sp³-hybridized carbons (Fsp3) is 0.250. The van der Waals surface area contributed by atoms with Gasteiger partial charge >= 0.3 is 12.5 Å². The van der Waals surface area contributed by atoms with E-state index in [4.69, 9.17) is 11.6 Å². The third-order valence-electron chi connectivity index (χ3n) is 5.05. The zero-order valence-corrected chi connectivity index (χ0v) is 16.8. The first-order valence-corrected chi connectivity index (χ1v) is 9.47. The van der Waals surface area contributed by atoms with Gasteiger partial charge in [-0.25, -0.2) is 9.48 Å². The zero-order chi connectivity index (χ0) is 21.7. The SMILES string of the molecule is CC(C)N1Cc2cc(-c3cnn(C(F)F)c3)c(Cl)cc2-c2cc(=O)c(C(=O)O)cn21. The number of pyridine rings is 1. The molecule has 1 aliphatic heterocycles. The van der Waals surface area contributed by atoms with Crippen LogP contribution in [0.2, 0.25) is 5.02 Å². The lowest BCUT2D eigenvalue weighted by Gasteiger charge is -2.38. The number of carboxylic acids is 1. The summed E-state index contributed by atoms with van der Waals surface area (Å²) in [4.78, 5) is 23.8. The Labute approximate surface area is 174 Å². The summed E-state index contributed by atoms with van der Waals surface area (Å²) in [5, 5.41) is 15.2. The normalized spacial score (nSPS) is 13.0. The molecule has 0 aliphatic carbocycles. The van der Waals surface area contributed by atoms with Crippen LogP contribution in [-0.2, 0) is 6.54 Å². The molecule has 0 spiro atoms. The van der Waals surface area contributed by atoms with E-state index in [1.165, 1.54) is 24.7 Å². The molecule has 0 bridgehead atoms. The Morgan fingerprint density at radius 2 is 1.93 bits per heavy atom. The Balaban J connectivity index is 1.91. The lowest BCUT2D eigenvalue weighted by molar-refractivity contribution is 0.0566. The maximum Gasteiger partial charge on any atom is 0.341 e. The van der Waals surface area contributed by atoms with E-state index in [0.717, 1.165) is 5.56 Å². The maximum atomic E-state index is 12.9. The Hall–Kier alpha value is -3.20. The predicted molar refractivity (Wildman–Crippen MR) is 108 cm³/mol. The minimum absolute atomic E-state index is 0.0123. The number of fused-ring (bicyclic) bond motifs is 3. The molecule has 156 valence electrons. The minimum Gasteiger partial charge on any atom is -0.477 e. The van der Waals surface area contributed by atoms with E-state index in [1.807, 2.05) is 18.9 Å². The van der Waals surface area contributed by atoms with Crippen LogP contribution in [-0.4, -0.2) is 31.6 Å². The van der Waals surface area contributed by atoms with E-state index in [1.54, 1.807) is 16.8 Å². The average Bonchev–Trinajstić information content (AvgIpc) is 3.16. The molecule has 10 heteroatoms. The third kappa shape index (κ3) is 3.24. The van der Waals surface area contributed by atoms with E-state index >= 15 is 0 Å². The lowest BCUT2D eigenvalue weighted by Crippen LogP contribution is -2.44. The van der Waals surface area contributed by atoms with Crippen molar-refractivity contribution >= 4 is 17.6 Å². The second kappa shape index (κ2) is 7.24. The second-order valence-electron chi connectivity index (χ2n) is 7.25. The van der Waals surface area contributed by atoms with Crippen molar-refractivity contribution in [1.82, 2.24) is 14.5 Å². The van der Waals surface area contributed by atoms with Gasteiger partial charge in [0.1, 0.15) is 5.56 Å². The van der Waals surface area contributed by atoms with E-state index in [9.17, 15) is 23.5 Å². The van der Waals surface area contributed by atoms with Crippen molar-refractivity contribution < 1.29 is 18.7 Å². The molecule has 1 aliphatic rings. The van der Waals surface area contributed by atoms with Gasteiger partial charge in [-0.15, -0.1) is 0 Å². The number of halogens is 3. The highest BCUT2D eigenvalue weighted by Crippen LogP contribution is 2.38. The summed E-state index contributed by atoms with van der Waals surface area (Å²) >= 11 is 6.45. The third-order valence-corrected chi connectivity index (χ3v) is 5.36. The van der Waals surface area contributed by atoms with Gasteiger partial charge in [0.2, 0.25) is 0 Å². The van der Waals surface area contributed by atoms with Gasteiger partial charge in [0.25, 0.3) is 0 Å². The fourth-order valence-electron chi connectivity index (χ4n) is 3.57. The van der Waals surface area contributed by atoms with Crippen molar-refractivity contribution in [3.05, 3.63) is 63.2 Å². The van der Waals surface area contributed by atoms with Gasteiger partial charge in [-0.05, 0) is 31.5 Å². The molecule has 0 atom stereocenters. The van der Waals surface area contributed by atoms with Crippen LogP contribution in [0.15, 0.2) is 41.6 Å². The average molecular weight is 435 g/mol. The molecule has 0 saturated carbocycles. The second-order valence-corrected chi connectivity index (χ2v) is 7.66. The zero-order valence-electron chi connectivity index (χ0n) is 16.0. The van der Waals surface area contributed by atoms with Crippen LogP contribution in [0, 0.1) is 0 Å². The van der Waals surface area contributed by atoms with Crippen LogP contribution in [0.5, 0.6) is 0 Å². The molecule has 0 saturated heterocycles. The van der Waals surface area contributed by atoms with Crippen LogP contribution in [0.3, 0.4) is 0 Å². The quantitative estimate of drug-likeness (QED) is 0.671. The van der Waals surface area contributed by atoms with Crippen LogP contribution in [0.1, 0.15) is 36.3 Å². The summed E-state index contributed by atoms with van der Waals surface area (Å²) < 4.78 is 28.0. The van der Waals surface area contributed by atoms with E-state index in [2.05, 4.69) is 5.10 Å². The summed E-state index contributed by atoms with van der Waals surface area (Å²) in [6.45, 7) is 1.54. The summed E-state index contributed by atoms with van der Waals surface area (Å²) in [7, 11) is 0. The number of aromatic carboxylic acids is 1. The number of carbonyl (C=O) groups is 1. The Bertz CT molecular complexity index is 1220. The van der Waals surface area contributed by atoms with Gasteiger partial charge in [-0.2, -0.15) is 13.9 Å². The maximum absolute atomic E-state index is 12.9. The Kier molecular flexibility index (Phi) is 4.85. The molecule has 1 N–H and O–H groups in total. The number of aromatic nitrogens is 3. The number of alkyl halides is 2. The fourth-order valence-corrected chi connectivity index (χ4v) is 3.85. The topological polar surface area (TPSA) is 80.4 Å². The smallest absolute Gasteiger partial charge is 0.341 e. The van der Waals surface area contributed by atoms with Gasteiger partial charge in [-0.1, -0.05) is 11.6 Å². The molecule has 0 fully saturated rings. The molecular formula is C20H17ClF2N4O3. The lowest BCUT2D eigenvalue weighted by atomic mass is 9.96. The first-order valence-electron chi connectivity index (χ1n) is 9.09. The molecule has 2 aromatic heterocycles. The highest BCUT2D eigenvalue weighted by Gasteiger charge is 2.27. The first-order chi connectivity index (χ1) is 14.2. The largest absolute Gasteiger partial charge is 0.477 e. The number of rotatable bonds is 4. The molecular weight excluding hydrogens is 418 g/mol. The van der Waals surface area contributed by atoms with E-state index in [-0.39, 0.29) is 11.6 Å². The molecule has 4 rings (SSSR count). The monoisotopic (exact) mass is 434 g/mol. The summed E-state index contributed by atoms with van der Waals surface area (Å²) in [6, 6.07) is 4.72. The molecule has 0 amide bonds. The van der Waals surface area contributed by atoms with Crippen molar-refractivity contribution in [2.24, 2.45) is 0 Å². The van der Waals surface area contributed by atoms with Crippen molar-refractivity contribution in [3.63, 3.8) is 0 Å². The number of benzene rings is 1. The van der Waals surface area contributed by atoms with Crippen molar-refractivity contribution in [2.75, 3.05) is 5.01 Å². The van der Waals surface area contributed by atoms with E-state index < -0.39 is 17.9 Å². The standard InChI is InChI=1S/C20H17ClF2N4O3/c1-10(2)26-8-11-3-13(12-6-24-25(7-12)20(22)23)16(21)4-14(11)17-5-18(28)15(19(29)30)9-27(17)26/h3-7,9-10,20H,8H2,1-2H3,(H,29,30). The summed E-state index contributed by atoms with van der Waals surface area (Å²) in [5.41, 5.74) is 2.08. The molecule has 0 radical (unpaired) electrons. The van der Waals surface area contributed by atoms with Crippen LogP contribution in [0.4, 0.5) is 8.78 Å². The molecule has 3 heterocycles. The van der Waals surface area contributed by atoms with Gasteiger partial charge < -0.3 is 10.1 Å². The van der Waals surface area contributed by atoms with Gasteiger partial charge in [0.15, 0.2) is 5.43 Å². The van der Waals surface area contributed by atoms with Crippen molar-refractivity contribution in [3.8, 4) is 22.4 Å². The Morgan fingerprint density at radius 1 is 1.20 bits per heavy atom. The van der Waals surface area contributed by atoms with Gasteiger partial charge in [-0.3, -0.25) is 9.47 Å². The summed E-state index contributed by atoms with van der Waals surface area (Å²) in [6.07, 6.45) is 3.86. The predicted octanol–water partition coefficient (Wildman–Crippen LogP) is 3.99. The molecule has 7 nitrogen and oxygen atoms in total. The number of hydrogen-bond acceptors (Lipinski definition) is 4. The summed E-state index contributed by atoms with van der Waals surface area (Å²) in [5.74, 6) is -1.30. The number of hydrogen-bond donors (Lipinski definition) is 1. The van der Waals surface area contributed by atoms with Crippen LogP contribution < -0.4 is 10.4 Å².